The van der Waals surface area contributed by atoms with Crippen LogP contribution in [0.2, 0.25) is 0 Å². The maximum absolute atomic E-state index is 12.6. The van der Waals surface area contributed by atoms with Gasteiger partial charge in [-0.15, -0.1) is 0 Å². The molecule has 0 spiro atoms. The third-order valence-electron chi connectivity index (χ3n) is 5.08. The van der Waals surface area contributed by atoms with Gasteiger partial charge in [0.2, 0.25) is 5.78 Å². The third kappa shape index (κ3) is 4.78. The van der Waals surface area contributed by atoms with Gasteiger partial charge in [-0.25, -0.2) is 4.79 Å². The Morgan fingerprint density at radius 1 is 0.750 bits per heavy atom. The number of Topliss-reactive ketones (excluding diaryl/α,β-unsaturated/α-hetero) is 1. The van der Waals surface area contributed by atoms with Crippen molar-refractivity contribution in [1.82, 2.24) is 0 Å². The topological polar surface area (TPSA) is 61.8 Å². The van der Waals surface area contributed by atoms with Crippen LogP contribution in [0.5, 0.6) is 11.5 Å². The van der Waals surface area contributed by atoms with E-state index in [0.717, 1.165) is 16.3 Å². The highest BCUT2D eigenvalue weighted by Crippen LogP contribution is 2.26. The molecule has 160 valence electrons. The minimum atomic E-state index is -0.546. The monoisotopic (exact) mass is 426 g/mol. The van der Waals surface area contributed by atoms with Crippen molar-refractivity contribution in [3.8, 4) is 11.5 Å². The van der Waals surface area contributed by atoms with Gasteiger partial charge >= 0.3 is 5.97 Å². The molecule has 0 aliphatic carbocycles. The Hall–Kier alpha value is -4.12. The van der Waals surface area contributed by atoms with Crippen LogP contribution in [0.3, 0.4) is 0 Å². The molecule has 4 rings (SSSR count). The number of para-hydroxylation sites is 2. The van der Waals surface area contributed by atoms with Crippen LogP contribution in [0.4, 0.5) is 0 Å². The van der Waals surface area contributed by atoms with Crippen molar-refractivity contribution in [3.05, 3.63) is 108 Å². The van der Waals surface area contributed by atoms with Crippen LogP contribution in [-0.4, -0.2) is 25.5 Å². The van der Waals surface area contributed by atoms with Gasteiger partial charge in [-0.3, -0.25) is 4.79 Å². The summed E-state index contributed by atoms with van der Waals surface area (Å²) >= 11 is 0. The average Bonchev–Trinajstić information content (AvgIpc) is 2.86. The van der Waals surface area contributed by atoms with E-state index in [-0.39, 0.29) is 12.4 Å². The molecular weight excluding hydrogens is 404 g/mol. The van der Waals surface area contributed by atoms with Crippen LogP contribution < -0.4 is 9.47 Å². The van der Waals surface area contributed by atoms with E-state index in [1.54, 1.807) is 37.4 Å². The Kier molecular flexibility index (Phi) is 6.46. The number of hydrogen-bond acceptors (Lipinski definition) is 5. The second-order valence-corrected chi connectivity index (χ2v) is 7.16. The van der Waals surface area contributed by atoms with Gasteiger partial charge in [0, 0.05) is 5.56 Å². The first-order valence-corrected chi connectivity index (χ1v) is 10.2. The predicted octanol–water partition coefficient (Wildman–Crippen LogP) is 5.47. The summed E-state index contributed by atoms with van der Waals surface area (Å²) in [6.07, 6.45) is 0. The number of hydrogen-bond donors (Lipinski definition) is 0. The van der Waals surface area contributed by atoms with Crippen molar-refractivity contribution < 1.29 is 23.8 Å². The van der Waals surface area contributed by atoms with E-state index in [1.807, 2.05) is 60.7 Å². The van der Waals surface area contributed by atoms with Crippen LogP contribution in [0.15, 0.2) is 91.0 Å². The molecule has 0 unspecified atom stereocenters. The third-order valence-corrected chi connectivity index (χ3v) is 5.08. The molecule has 0 aliphatic heterocycles. The highest BCUT2D eigenvalue weighted by Gasteiger charge is 2.14. The molecule has 32 heavy (non-hydrogen) atoms. The summed E-state index contributed by atoms with van der Waals surface area (Å²) in [7, 11) is 1.59. The molecule has 0 saturated heterocycles. The molecule has 4 aromatic rings. The van der Waals surface area contributed by atoms with Gasteiger partial charge in [0.1, 0.15) is 6.61 Å². The second kappa shape index (κ2) is 9.79. The Balaban J connectivity index is 1.35. The summed E-state index contributed by atoms with van der Waals surface area (Å²) in [4.78, 5) is 25.0. The average molecular weight is 426 g/mol. The fourth-order valence-electron chi connectivity index (χ4n) is 3.40. The van der Waals surface area contributed by atoms with E-state index in [9.17, 15) is 9.59 Å². The van der Waals surface area contributed by atoms with Gasteiger partial charge in [0.05, 0.1) is 12.7 Å². The van der Waals surface area contributed by atoms with Crippen molar-refractivity contribution in [1.29, 1.82) is 0 Å². The lowest BCUT2D eigenvalue weighted by atomic mass is 10.0. The van der Waals surface area contributed by atoms with E-state index in [4.69, 9.17) is 14.2 Å². The van der Waals surface area contributed by atoms with Crippen molar-refractivity contribution in [2.45, 2.75) is 6.61 Å². The molecule has 0 fully saturated rings. The van der Waals surface area contributed by atoms with Gasteiger partial charge in [0.25, 0.3) is 0 Å². The van der Waals surface area contributed by atoms with Crippen LogP contribution in [0.1, 0.15) is 26.3 Å². The number of fused-ring (bicyclic) bond motifs is 1. The van der Waals surface area contributed by atoms with E-state index in [2.05, 4.69) is 0 Å². The molecule has 0 heterocycles. The number of carbonyl (C=O) groups is 2. The Labute approximate surface area is 186 Å². The maximum Gasteiger partial charge on any atom is 0.338 e. The number of ether oxygens (including phenoxy) is 3. The summed E-state index contributed by atoms with van der Waals surface area (Å²) < 4.78 is 16.3. The largest absolute Gasteiger partial charge is 0.493 e. The van der Waals surface area contributed by atoms with Crippen LogP contribution in [0, 0.1) is 0 Å². The zero-order valence-electron chi connectivity index (χ0n) is 17.6. The molecule has 0 aliphatic rings. The van der Waals surface area contributed by atoms with E-state index in [1.165, 1.54) is 0 Å². The Bertz CT molecular complexity index is 1240. The van der Waals surface area contributed by atoms with Crippen LogP contribution in [0.25, 0.3) is 10.8 Å². The Morgan fingerprint density at radius 2 is 1.44 bits per heavy atom. The lowest BCUT2D eigenvalue weighted by Crippen LogP contribution is -2.14. The molecule has 5 heteroatoms. The standard InChI is InChI=1S/C27H22O5/c1-30-25-11-4-5-12-26(25)31-17-19-13-15-21(16-14-19)27(29)32-18-24(28)23-10-6-8-20-7-2-3-9-22(20)23/h2-16H,17-18H2,1H3. The fraction of sp³-hybridized carbons (Fsp3) is 0.111. The summed E-state index contributed by atoms with van der Waals surface area (Å²) in [5.74, 6) is 0.516. The molecule has 0 radical (unpaired) electrons. The molecule has 4 aromatic carbocycles. The maximum atomic E-state index is 12.6. The molecule has 0 saturated carbocycles. The summed E-state index contributed by atoms with van der Waals surface area (Å²) in [6.45, 7) is 0.0147. The smallest absolute Gasteiger partial charge is 0.338 e. The summed E-state index contributed by atoms with van der Waals surface area (Å²) in [6, 6.07) is 27.4. The lowest BCUT2D eigenvalue weighted by molar-refractivity contribution is 0.0475. The van der Waals surface area contributed by atoms with E-state index >= 15 is 0 Å². The zero-order valence-corrected chi connectivity index (χ0v) is 17.6. The minimum Gasteiger partial charge on any atom is -0.493 e. The predicted molar refractivity (Wildman–Crippen MR) is 122 cm³/mol. The van der Waals surface area contributed by atoms with Crippen molar-refractivity contribution >= 4 is 22.5 Å². The Morgan fingerprint density at radius 3 is 2.22 bits per heavy atom. The van der Waals surface area contributed by atoms with Gasteiger partial charge in [0.15, 0.2) is 18.1 Å². The summed E-state index contributed by atoms with van der Waals surface area (Å²) in [5.41, 5.74) is 1.80. The molecule has 0 amide bonds. The van der Waals surface area contributed by atoms with E-state index < -0.39 is 5.97 Å². The first-order chi connectivity index (χ1) is 15.7. The number of esters is 1. The van der Waals surface area contributed by atoms with Crippen molar-refractivity contribution in [2.75, 3.05) is 13.7 Å². The van der Waals surface area contributed by atoms with Gasteiger partial charge in [-0.05, 0) is 40.6 Å². The molecule has 0 N–H and O–H groups in total. The molecule has 5 nitrogen and oxygen atoms in total. The SMILES string of the molecule is COc1ccccc1OCc1ccc(C(=O)OCC(=O)c2cccc3ccccc23)cc1. The molecule has 0 atom stereocenters. The summed E-state index contributed by atoms with van der Waals surface area (Å²) in [5, 5.41) is 1.81. The van der Waals surface area contributed by atoms with E-state index in [0.29, 0.717) is 29.2 Å². The number of rotatable bonds is 8. The van der Waals surface area contributed by atoms with Gasteiger partial charge in [-0.1, -0.05) is 66.7 Å². The minimum absolute atomic E-state index is 0.239. The number of ketones is 1. The number of carbonyl (C=O) groups excluding carboxylic acids is 2. The number of methoxy groups -OCH3 is 1. The highest BCUT2D eigenvalue weighted by atomic mass is 16.5. The van der Waals surface area contributed by atoms with Crippen molar-refractivity contribution in [2.24, 2.45) is 0 Å². The molecule has 0 aromatic heterocycles. The number of benzene rings is 4. The normalized spacial score (nSPS) is 10.5. The van der Waals surface area contributed by atoms with Crippen LogP contribution in [-0.2, 0) is 11.3 Å². The molecule has 0 bridgehead atoms. The lowest BCUT2D eigenvalue weighted by Gasteiger charge is -2.10. The van der Waals surface area contributed by atoms with Gasteiger partial charge in [-0.2, -0.15) is 0 Å². The quantitative estimate of drug-likeness (QED) is 0.276. The first-order valence-electron chi connectivity index (χ1n) is 10.2. The van der Waals surface area contributed by atoms with Crippen molar-refractivity contribution in [3.63, 3.8) is 0 Å². The highest BCUT2D eigenvalue weighted by molar-refractivity contribution is 6.09. The molecular formula is C27H22O5. The zero-order chi connectivity index (χ0) is 22.3. The van der Waals surface area contributed by atoms with Gasteiger partial charge < -0.3 is 14.2 Å². The first kappa shape index (κ1) is 21.1. The van der Waals surface area contributed by atoms with Crippen LogP contribution >= 0.6 is 0 Å². The fourth-order valence-corrected chi connectivity index (χ4v) is 3.40. The second-order valence-electron chi connectivity index (χ2n) is 7.16.